The first-order chi connectivity index (χ1) is 9.22. The summed E-state index contributed by atoms with van der Waals surface area (Å²) >= 11 is 0. The molecule has 0 saturated heterocycles. The number of aliphatic hydroxyl groups is 1. The van der Waals surface area contributed by atoms with E-state index in [1.807, 2.05) is 28.9 Å². The SMILES string of the molecule is CCCn1ncnc1COc1ccccc1[C@H](C)O. The van der Waals surface area contributed by atoms with Crippen molar-refractivity contribution in [2.45, 2.75) is 39.5 Å². The highest BCUT2D eigenvalue weighted by Gasteiger charge is 2.10. The Labute approximate surface area is 112 Å². The third kappa shape index (κ3) is 3.32. The summed E-state index contributed by atoms with van der Waals surface area (Å²) < 4.78 is 7.58. The molecule has 5 heteroatoms. The van der Waals surface area contributed by atoms with E-state index in [9.17, 15) is 5.11 Å². The first kappa shape index (κ1) is 13.5. The summed E-state index contributed by atoms with van der Waals surface area (Å²) in [6, 6.07) is 7.48. The van der Waals surface area contributed by atoms with Crippen molar-refractivity contribution in [3.8, 4) is 5.75 Å². The van der Waals surface area contributed by atoms with Crippen LogP contribution in [0.1, 0.15) is 37.8 Å². The van der Waals surface area contributed by atoms with Gasteiger partial charge in [0.25, 0.3) is 0 Å². The van der Waals surface area contributed by atoms with Gasteiger partial charge in [-0.1, -0.05) is 25.1 Å². The van der Waals surface area contributed by atoms with Crippen LogP contribution in [-0.2, 0) is 13.2 Å². The fourth-order valence-electron chi connectivity index (χ4n) is 1.90. The van der Waals surface area contributed by atoms with Crippen molar-refractivity contribution < 1.29 is 9.84 Å². The molecule has 0 bridgehead atoms. The molecule has 0 aliphatic rings. The lowest BCUT2D eigenvalue weighted by Gasteiger charge is -2.13. The number of ether oxygens (including phenoxy) is 1. The molecule has 1 N–H and O–H groups in total. The minimum Gasteiger partial charge on any atom is -0.485 e. The van der Waals surface area contributed by atoms with Crippen LogP contribution in [0.2, 0.25) is 0 Å². The minimum absolute atomic E-state index is 0.351. The lowest BCUT2D eigenvalue weighted by Crippen LogP contribution is -2.09. The average molecular weight is 261 g/mol. The van der Waals surface area contributed by atoms with Crippen LogP contribution in [0, 0.1) is 0 Å². The molecule has 102 valence electrons. The van der Waals surface area contributed by atoms with Crippen LogP contribution >= 0.6 is 0 Å². The molecule has 0 saturated carbocycles. The van der Waals surface area contributed by atoms with E-state index < -0.39 is 6.10 Å². The van der Waals surface area contributed by atoms with E-state index in [1.54, 1.807) is 6.92 Å². The molecule has 2 aromatic rings. The van der Waals surface area contributed by atoms with Crippen molar-refractivity contribution in [3.05, 3.63) is 42.0 Å². The molecule has 1 atom stereocenters. The molecular formula is C14H19N3O2. The number of nitrogens with zero attached hydrogens (tertiary/aromatic N) is 3. The number of aliphatic hydroxyl groups excluding tert-OH is 1. The van der Waals surface area contributed by atoms with Crippen molar-refractivity contribution in [1.82, 2.24) is 14.8 Å². The predicted molar refractivity (Wildman–Crippen MR) is 71.7 cm³/mol. The normalized spacial score (nSPS) is 12.4. The number of aromatic nitrogens is 3. The third-order valence-corrected chi connectivity index (χ3v) is 2.86. The van der Waals surface area contributed by atoms with Crippen LogP contribution < -0.4 is 4.74 Å². The monoisotopic (exact) mass is 261 g/mol. The Morgan fingerprint density at radius 3 is 2.89 bits per heavy atom. The minimum atomic E-state index is -0.551. The van der Waals surface area contributed by atoms with Crippen LogP contribution in [0.4, 0.5) is 0 Å². The van der Waals surface area contributed by atoms with Crippen molar-refractivity contribution >= 4 is 0 Å². The van der Waals surface area contributed by atoms with Gasteiger partial charge in [-0.2, -0.15) is 5.10 Å². The Kier molecular flexibility index (Phi) is 4.52. The molecular weight excluding hydrogens is 242 g/mol. The van der Waals surface area contributed by atoms with Crippen molar-refractivity contribution in [3.63, 3.8) is 0 Å². The number of hydrogen-bond donors (Lipinski definition) is 1. The van der Waals surface area contributed by atoms with Gasteiger partial charge >= 0.3 is 0 Å². The second-order valence-corrected chi connectivity index (χ2v) is 4.40. The van der Waals surface area contributed by atoms with Gasteiger partial charge in [0.1, 0.15) is 18.7 Å². The Bertz CT molecular complexity index is 523. The predicted octanol–water partition coefficient (Wildman–Crippen LogP) is 2.32. The van der Waals surface area contributed by atoms with E-state index in [0.717, 1.165) is 24.4 Å². The summed E-state index contributed by atoms with van der Waals surface area (Å²) in [6.07, 6.45) is 1.99. The Hall–Kier alpha value is -1.88. The van der Waals surface area contributed by atoms with Crippen LogP contribution in [0.25, 0.3) is 0 Å². The summed E-state index contributed by atoms with van der Waals surface area (Å²) in [6.45, 7) is 5.00. The zero-order chi connectivity index (χ0) is 13.7. The van der Waals surface area contributed by atoms with Gasteiger partial charge in [-0.3, -0.25) is 0 Å². The van der Waals surface area contributed by atoms with Gasteiger partial charge in [-0.15, -0.1) is 0 Å². The van der Waals surface area contributed by atoms with Crippen LogP contribution in [-0.4, -0.2) is 19.9 Å². The lowest BCUT2D eigenvalue weighted by atomic mass is 10.1. The Morgan fingerprint density at radius 2 is 2.16 bits per heavy atom. The maximum atomic E-state index is 9.69. The van der Waals surface area contributed by atoms with Crippen LogP contribution in [0.5, 0.6) is 5.75 Å². The molecule has 19 heavy (non-hydrogen) atoms. The van der Waals surface area contributed by atoms with E-state index in [4.69, 9.17) is 4.74 Å². The molecule has 0 radical (unpaired) electrons. The Balaban J connectivity index is 2.08. The third-order valence-electron chi connectivity index (χ3n) is 2.86. The maximum absolute atomic E-state index is 9.69. The molecule has 2 rings (SSSR count). The number of para-hydroxylation sites is 1. The molecule has 0 aliphatic carbocycles. The molecule has 0 fully saturated rings. The van der Waals surface area contributed by atoms with E-state index >= 15 is 0 Å². The second-order valence-electron chi connectivity index (χ2n) is 4.40. The highest BCUT2D eigenvalue weighted by Crippen LogP contribution is 2.25. The smallest absolute Gasteiger partial charge is 0.164 e. The van der Waals surface area contributed by atoms with E-state index in [-0.39, 0.29) is 0 Å². The summed E-state index contributed by atoms with van der Waals surface area (Å²) in [5.74, 6) is 1.48. The fraction of sp³-hybridized carbons (Fsp3) is 0.429. The summed E-state index contributed by atoms with van der Waals surface area (Å²) in [7, 11) is 0. The molecule has 1 heterocycles. The zero-order valence-corrected chi connectivity index (χ0v) is 11.3. The highest BCUT2D eigenvalue weighted by atomic mass is 16.5. The summed E-state index contributed by atoms with van der Waals surface area (Å²) in [4.78, 5) is 4.19. The van der Waals surface area contributed by atoms with Gasteiger partial charge in [-0.05, 0) is 19.4 Å². The number of aryl methyl sites for hydroxylation is 1. The van der Waals surface area contributed by atoms with Crippen molar-refractivity contribution in [1.29, 1.82) is 0 Å². The van der Waals surface area contributed by atoms with Crippen molar-refractivity contribution in [2.24, 2.45) is 0 Å². The largest absolute Gasteiger partial charge is 0.485 e. The van der Waals surface area contributed by atoms with Crippen LogP contribution in [0.15, 0.2) is 30.6 Å². The molecule has 0 unspecified atom stereocenters. The van der Waals surface area contributed by atoms with Gasteiger partial charge in [0.2, 0.25) is 0 Å². The summed E-state index contributed by atoms with van der Waals surface area (Å²) in [5.41, 5.74) is 0.782. The first-order valence-electron chi connectivity index (χ1n) is 6.48. The number of rotatable bonds is 6. The maximum Gasteiger partial charge on any atom is 0.164 e. The van der Waals surface area contributed by atoms with E-state index in [1.165, 1.54) is 6.33 Å². The van der Waals surface area contributed by atoms with Gasteiger partial charge < -0.3 is 9.84 Å². The quantitative estimate of drug-likeness (QED) is 0.867. The second kappa shape index (κ2) is 6.33. The van der Waals surface area contributed by atoms with Gasteiger partial charge in [0.15, 0.2) is 5.82 Å². The molecule has 1 aromatic heterocycles. The number of hydrogen-bond acceptors (Lipinski definition) is 4. The molecule has 0 spiro atoms. The van der Waals surface area contributed by atoms with E-state index in [0.29, 0.717) is 12.4 Å². The Morgan fingerprint density at radius 1 is 1.37 bits per heavy atom. The van der Waals surface area contributed by atoms with Gasteiger partial charge in [0, 0.05) is 12.1 Å². The van der Waals surface area contributed by atoms with Gasteiger partial charge in [0.05, 0.1) is 6.10 Å². The van der Waals surface area contributed by atoms with Crippen molar-refractivity contribution in [2.75, 3.05) is 0 Å². The zero-order valence-electron chi connectivity index (χ0n) is 11.3. The number of benzene rings is 1. The lowest BCUT2D eigenvalue weighted by molar-refractivity contribution is 0.189. The van der Waals surface area contributed by atoms with Crippen LogP contribution in [0.3, 0.4) is 0 Å². The van der Waals surface area contributed by atoms with E-state index in [2.05, 4.69) is 17.0 Å². The average Bonchev–Trinajstić information content (AvgIpc) is 2.84. The molecule has 5 nitrogen and oxygen atoms in total. The topological polar surface area (TPSA) is 60.2 Å². The molecule has 0 amide bonds. The highest BCUT2D eigenvalue weighted by molar-refractivity contribution is 5.34. The summed E-state index contributed by atoms with van der Waals surface area (Å²) in [5, 5.41) is 13.8. The molecule has 0 aliphatic heterocycles. The standard InChI is InChI=1S/C14H19N3O2/c1-3-8-17-14(15-10-16-17)9-19-13-7-5-4-6-12(13)11(2)18/h4-7,10-11,18H,3,8-9H2,1-2H3/t11-/m0/s1. The fourth-order valence-corrected chi connectivity index (χ4v) is 1.90. The first-order valence-corrected chi connectivity index (χ1v) is 6.48. The van der Waals surface area contributed by atoms with Gasteiger partial charge in [-0.25, -0.2) is 9.67 Å². The molecule has 1 aromatic carbocycles.